The molecule has 2 nitrogen and oxygen atoms in total. The molecule has 0 radical (unpaired) electrons. The molecule has 20 heavy (non-hydrogen) atoms. The Hall–Kier alpha value is -1.03. The number of halogens is 1. The van der Waals surface area contributed by atoms with Gasteiger partial charge < -0.3 is 10.1 Å². The summed E-state index contributed by atoms with van der Waals surface area (Å²) in [4.78, 5) is 1.33. The molecule has 0 spiro atoms. The fraction of sp³-hybridized carbons (Fsp3) is 0.375. The molecule has 0 aliphatic carbocycles. The second-order valence-corrected chi connectivity index (χ2v) is 6.42. The maximum Gasteiger partial charge on any atom is 0.137 e. The third-order valence-electron chi connectivity index (χ3n) is 2.90. The van der Waals surface area contributed by atoms with Crippen LogP contribution in [0.25, 0.3) is 0 Å². The van der Waals surface area contributed by atoms with Crippen LogP contribution in [0.5, 0.6) is 5.75 Å². The Labute approximate surface area is 129 Å². The Morgan fingerprint density at radius 3 is 2.80 bits per heavy atom. The van der Waals surface area contributed by atoms with Crippen LogP contribution >= 0.6 is 22.9 Å². The molecular weight excluding hydrogens is 290 g/mol. The van der Waals surface area contributed by atoms with Gasteiger partial charge in [-0.05, 0) is 29.1 Å². The lowest BCUT2D eigenvalue weighted by atomic mass is 10.2. The molecule has 0 aliphatic heterocycles. The zero-order valence-electron chi connectivity index (χ0n) is 11.9. The Morgan fingerprint density at radius 2 is 2.15 bits per heavy atom. The molecule has 1 aromatic heterocycles. The van der Waals surface area contributed by atoms with E-state index in [1.165, 1.54) is 10.4 Å². The summed E-state index contributed by atoms with van der Waals surface area (Å²) in [6.45, 7) is 5.74. The quantitative estimate of drug-likeness (QED) is 0.812. The average molecular weight is 310 g/mol. The van der Waals surface area contributed by atoms with E-state index in [2.05, 4.69) is 42.7 Å². The molecule has 2 aromatic rings. The molecule has 1 heterocycles. The number of hydrogen-bond acceptors (Lipinski definition) is 3. The standard InChI is InChI=1S/C16H20ClNOS/c1-12(2)18-11-13-5-6-16(15(17)10-13)19-8-7-14-4-3-9-20-14/h3-6,9-10,12,18H,7-8,11H2,1-2H3. The van der Waals surface area contributed by atoms with E-state index in [4.69, 9.17) is 16.3 Å². The minimum atomic E-state index is 0.468. The van der Waals surface area contributed by atoms with E-state index >= 15 is 0 Å². The van der Waals surface area contributed by atoms with Crippen molar-refractivity contribution in [3.8, 4) is 5.75 Å². The van der Waals surface area contributed by atoms with Gasteiger partial charge in [-0.2, -0.15) is 0 Å². The first-order chi connectivity index (χ1) is 9.65. The molecule has 0 unspecified atom stereocenters. The third kappa shape index (κ3) is 4.82. The monoisotopic (exact) mass is 309 g/mol. The highest BCUT2D eigenvalue weighted by molar-refractivity contribution is 7.09. The van der Waals surface area contributed by atoms with Crippen LogP contribution in [0.4, 0.5) is 0 Å². The second-order valence-electron chi connectivity index (χ2n) is 4.98. The van der Waals surface area contributed by atoms with Gasteiger partial charge in [-0.3, -0.25) is 0 Å². The van der Waals surface area contributed by atoms with Gasteiger partial charge in [-0.1, -0.05) is 37.6 Å². The van der Waals surface area contributed by atoms with Crippen molar-refractivity contribution in [2.24, 2.45) is 0 Å². The number of hydrogen-bond donors (Lipinski definition) is 1. The molecule has 0 fully saturated rings. The van der Waals surface area contributed by atoms with Crippen LogP contribution in [0.3, 0.4) is 0 Å². The summed E-state index contributed by atoms with van der Waals surface area (Å²) < 4.78 is 5.75. The first-order valence-electron chi connectivity index (χ1n) is 6.82. The molecule has 108 valence electrons. The topological polar surface area (TPSA) is 21.3 Å². The average Bonchev–Trinajstić information content (AvgIpc) is 2.92. The summed E-state index contributed by atoms with van der Waals surface area (Å²) in [7, 11) is 0. The van der Waals surface area contributed by atoms with E-state index < -0.39 is 0 Å². The minimum absolute atomic E-state index is 0.468. The SMILES string of the molecule is CC(C)NCc1ccc(OCCc2cccs2)c(Cl)c1. The van der Waals surface area contributed by atoms with Gasteiger partial charge in [-0.15, -0.1) is 11.3 Å². The highest BCUT2D eigenvalue weighted by Crippen LogP contribution is 2.25. The molecule has 0 saturated carbocycles. The van der Waals surface area contributed by atoms with E-state index in [1.807, 2.05) is 12.1 Å². The maximum absolute atomic E-state index is 6.26. The van der Waals surface area contributed by atoms with Crippen molar-refractivity contribution in [3.63, 3.8) is 0 Å². The molecule has 0 bridgehead atoms. The number of benzene rings is 1. The van der Waals surface area contributed by atoms with Gasteiger partial charge in [0.1, 0.15) is 5.75 Å². The number of thiophene rings is 1. The molecule has 2 rings (SSSR count). The largest absolute Gasteiger partial charge is 0.492 e. The molecule has 0 atom stereocenters. The van der Waals surface area contributed by atoms with Crippen LogP contribution in [0.15, 0.2) is 35.7 Å². The van der Waals surface area contributed by atoms with Crippen molar-refractivity contribution in [3.05, 3.63) is 51.2 Å². The van der Waals surface area contributed by atoms with E-state index in [0.717, 1.165) is 18.7 Å². The van der Waals surface area contributed by atoms with Crippen molar-refractivity contribution in [2.75, 3.05) is 6.61 Å². The van der Waals surface area contributed by atoms with Gasteiger partial charge >= 0.3 is 0 Å². The summed E-state index contributed by atoms with van der Waals surface area (Å²) in [6, 6.07) is 10.6. The van der Waals surface area contributed by atoms with Gasteiger partial charge in [0, 0.05) is 23.9 Å². The van der Waals surface area contributed by atoms with Crippen molar-refractivity contribution in [2.45, 2.75) is 32.9 Å². The van der Waals surface area contributed by atoms with Crippen molar-refractivity contribution in [1.82, 2.24) is 5.32 Å². The Balaban J connectivity index is 1.85. The van der Waals surface area contributed by atoms with E-state index in [9.17, 15) is 0 Å². The lowest BCUT2D eigenvalue weighted by Crippen LogP contribution is -2.21. The first-order valence-corrected chi connectivity index (χ1v) is 8.08. The summed E-state index contributed by atoms with van der Waals surface area (Å²) in [5.41, 5.74) is 1.18. The van der Waals surface area contributed by atoms with Crippen LogP contribution in [0.2, 0.25) is 5.02 Å². The number of ether oxygens (including phenoxy) is 1. The van der Waals surface area contributed by atoms with Crippen LogP contribution in [-0.4, -0.2) is 12.6 Å². The van der Waals surface area contributed by atoms with Crippen LogP contribution < -0.4 is 10.1 Å². The maximum atomic E-state index is 6.26. The smallest absolute Gasteiger partial charge is 0.137 e. The predicted octanol–water partition coefficient (Wildman–Crippen LogP) is 4.52. The highest BCUT2D eigenvalue weighted by Gasteiger charge is 2.04. The predicted molar refractivity (Wildman–Crippen MR) is 86.9 cm³/mol. The molecule has 0 saturated heterocycles. The zero-order chi connectivity index (χ0) is 14.4. The highest BCUT2D eigenvalue weighted by atomic mass is 35.5. The first kappa shape index (κ1) is 15.4. The van der Waals surface area contributed by atoms with Gasteiger partial charge in [0.15, 0.2) is 0 Å². The summed E-state index contributed by atoms with van der Waals surface area (Å²) in [5, 5.41) is 6.13. The Kier molecular flexibility index (Phi) is 5.89. The van der Waals surface area contributed by atoms with Crippen molar-refractivity contribution < 1.29 is 4.74 Å². The van der Waals surface area contributed by atoms with Gasteiger partial charge in [0.25, 0.3) is 0 Å². The number of nitrogens with one attached hydrogen (secondary N) is 1. The zero-order valence-corrected chi connectivity index (χ0v) is 13.4. The van der Waals surface area contributed by atoms with Crippen molar-refractivity contribution in [1.29, 1.82) is 0 Å². The van der Waals surface area contributed by atoms with Gasteiger partial charge in [-0.25, -0.2) is 0 Å². The van der Waals surface area contributed by atoms with Crippen molar-refractivity contribution >= 4 is 22.9 Å². The molecular formula is C16H20ClNOS. The molecule has 1 aromatic carbocycles. The fourth-order valence-electron chi connectivity index (χ4n) is 1.81. The lowest BCUT2D eigenvalue weighted by molar-refractivity contribution is 0.323. The van der Waals surface area contributed by atoms with Crippen LogP contribution in [0.1, 0.15) is 24.3 Å². The summed E-state index contributed by atoms with van der Waals surface area (Å²) >= 11 is 8.01. The fourth-order valence-corrected chi connectivity index (χ4v) is 2.76. The van der Waals surface area contributed by atoms with Gasteiger partial charge in [0.2, 0.25) is 0 Å². The molecule has 0 aliphatic rings. The summed E-state index contributed by atoms with van der Waals surface area (Å²) in [5.74, 6) is 0.761. The second kappa shape index (κ2) is 7.67. The van der Waals surface area contributed by atoms with Crippen LogP contribution in [0, 0.1) is 0 Å². The molecule has 1 N–H and O–H groups in total. The van der Waals surface area contributed by atoms with E-state index in [0.29, 0.717) is 17.7 Å². The molecule has 4 heteroatoms. The van der Waals surface area contributed by atoms with E-state index in [1.54, 1.807) is 11.3 Å². The van der Waals surface area contributed by atoms with Gasteiger partial charge in [0.05, 0.1) is 11.6 Å². The minimum Gasteiger partial charge on any atom is -0.492 e. The van der Waals surface area contributed by atoms with E-state index in [-0.39, 0.29) is 0 Å². The third-order valence-corrected chi connectivity index (χ3v) is 4.13. The Bertz CT molecular complexity index is 525. The molecule has 0 amide bonds. The normalized spacial score (nSPS) is 11.0. The Morgan fingerprint density at radius 1 is 1.30 bits per heavy atom. The summed E-state index contributed by atoms with van der Waals surface area (Å²) in [6.07, 6.45) is 0.921. The number of rotatable bonds is 7. The lowest BCUT2D eigenvalue weighted by Gasteiger charge is -2.11. The van der Waals surface area contributed by atoms with Crippen LogP contribution in [-0.2, 0) is 13.0 Å².